The van der Waals surface area contributed by atoms with Gasteiger partial charge in [0.2, 0.25) is 0 Å². The summed E-state index contributed by atoms with van der Waals surface area (Å²) in [6, 6.07) is 7.51. The van der Waals surface area contributed by atoms with Gasteiger partial charge in [-0.05, 0) is 30.3 Å². The van der Waals surface area contributed by atoms with Gasteiger partial charge in [-0.1, -0.05) is 11.6 Å². The quantitative estimate of drug-likeness (QED) is 0.588. The topological polar surface area (TPSA) is 69.5 Å². The second-order valence-corrected chi connectivity index (χ2v) is 7.40. The fourth-order valence-corrected chi connectivity index (χ4v) is 3.57. The van der Waals surface area contributed by atoms with Crippen LogP contribution in [0.3, 0.4) is 0 Å². The number of ether oxygens (including phenoxy) is 2. The molecule has 1 saturated heterocycles. The van der Waals surface area contributed by atoms with E-state index in [0.717, 1.165) is 5.56 Å². The number of hydrogen-bond acceptors (Lipinski definition) is 6. The minimum absolute atomic E-state index is 0.188. The zero-order valence-corrected chi connectivity index (χ0v) is 17.3. The van der Waals surface area contributed by atoms with Crippen molar-refractivity contribution < 1.29 is 18.7 Å². The number of benzene rings is 1. The molecule has 1 aliphatic heterocycles. The standard InChI is InChI=1S/C21H20ClFN4O3/c1-26-11-14(10-24-26)19-12-27(5-6-30-19)20-8-13(21(28)29-2)7-18(25-20)16-4-3-15(22)9-17(16)23/h3-4,7-11,19H,5-6,12H2,1-2H3. The molecule has 156 valence electrons. The van der Waals surface area contributed by atoms with Gasteiger partial charge >= 0.3 is 5.97 Å². The Morgan fingerprint density at radius 3 is 2.87 bits per heavy atom. The normalized spacial score (nSPS) is 16.5. The lowest BCUT2D eigenvalue weighted by Crippen LogP contribution is -2.39. The Morgan fingerprint density at radius 1 is 1.33 bits per heavy atom. The van der Waals surface area contributed by atoms with Crippen LogP contribution in [0.15, 0.2) is 42.7 Å². The second-order valence-electron chi connectivity index (χ2n) is 6.97. The summed E-state index contributed by atoms with van der Waals surface area (Å²) in [6.45, 7) is 1.58. The highest BCUT2D eigenvalue weighted by Crippen LogP contribution is 2.30. The minimum atomic E-state index is -0.522. The van der Waals surface area contributed by atoms with Crippen LogP contribution in [-0.4, -0.2) is 47.5 Å². The lowest BCUT2D eigenvalue weighted by Gasteiger charge is -2.33. The molecule has 4 rings (SSSR count). The first-order chi connectivity index (χ1) is 14.4. The molecule has 0 amide bonds. The number of anilines is 1. The van der Waals surface area contributed by atoms with Crippen molar-refractivity contribution in [3.05, 3.63) is 64.7 Å². The van der Waals surface area contributed by atoms with Crippen LogP contribution in [0.5, 0.6) is 0 Å². The average molecular weight is 431 g/mol. The SMILES string of the molecule is COC(=O)c1cc(-c2ccc(Cl)cc2F)nc(N2CCOC(c3cnn(C)c3)C2)c1. The Balaban J connectivity index is 1.72. The van der Waals surface area contributed by atoms with Gasteiger partial charge in [-0.15, -0.1) is 0 Å². The molecule has 2 aromatic heterocycles. The summed E-state index contributed by atoms with van der Waals surface area (Å²) in [5.74, 6) is -0.496. The first kappa shape index (κ1) is 20.3. The van der Waals surface area contributed by atoms with Gasteiger partial charge in [0.15, 0.2) is 0 Å². The van der Waals surface area contributed by atoms with E-state index in [-0.39, 0.29) is 22.3 Å². The van der Waals surface area contributed by atoms with Gasteiger partial charge in [-0.25, -0.2) is 14.2 Å². The summed E-state index contributed by atoms with van der Waals surface area (Å²) in [5.41, 5.74) is 1.82. The van der Waals surface area contributed by atoms with Crippen LogP contribution in [0.1, 0.15) is 22.0 Å². The van der Waals surface area contributed by atoms with Crippen molar-refractivity contribution >= 4 is 23.4 Å². The Kier molecular flexibility index (Phi) is 5.69. The molecule has 3 aromatic rings. The van der Waals surface area contributed by atoms with Gasteiger partial charge in [0, 0.05) is 42.5 Å². The maximum absolute atomic E-state index is 14.5. The molecule has 0 N–H and O–H groups in total. The summed E-state index contributed by atoms with van der Waals surface area (Å²) in [7, 11) is 3.15. The van der Waals surface area contributed by atoms with Crippen LogP contribution < -0.4 is 4.90 Å². The number of nitrogens with zero attached hydrogens (tertiary/aromatic N) is 4. The number of carbonyl (C=O) groups excluding carboxylic acids is 1. The van der Waals surface area contributed by atoms with E-state index in [1.54, 1.807) is 29.1 Å². The van der Waals surface area contributed by atoms with Crippen molar-refractivity contribution in [2.75, 3.05) is 31.7 Å². The van der Waals surface area contributed by atoms with Crippen molar-refractivity contribution in [2.45, 2.75) is 6.10 Å². The molecule has 7 nitrogen and oxygen atoms in total. The maximum Gasteiger partial charge on any atom is 0.338 e. The van der Waals surface area contributed by atoms with Gasteiger partial charge < -0.3 is 14.4 Å². The van der Waals surface area contributed by atoms with E-state index in [1.165, 1.54) is 19.2 Å². The van der Waals surface area contributed by atoms with Crippen molar-refractivity contribution in [2.24, 2.45) is 7.05 Å². The lowest BCUT2D eigenvalue weighted by molar-refractivity contribution is 0.0395. The van der Waals surface area contributed by atoms with Gasteiger partial charge in [0.05, 0.1) is 31.2 Å². The molecule has 0 saturated carbocycles. The molecule has 1 fully saturated rings. The third-order valence-corrected chi connectivity index (χ3v) is 5.16. The molecular weight excluding hydrogens is 411 g/mol. The number of esters is 1. The number of halogens is 2. The van der Waals surface area contributed by atoms with Gasteiger partial charge in [-0.3, -0.25) is 4.68 Å². The van der Waals surface area contributed by atoms with Crippen LogP contribution in [0, 0.1) is 5.82 Å². The van der Waals surface area contributed by atoms with E-state index in [1.807, 2.05) is 18.1 Å². The van der Waals surface area contributed by atoms with Gasteiger partial charge in [0.1, 0.15) is 17.7 Å². The molecule has 0 spiro atoms. The van der Waals surface area contributed by atoms with E-state index in [0.29, 0.717) is 31.2 Å². The Labute approximate surface area is 178 Å². The van der Waals surface area contributed by atoms with E-state index in [4.69, 9.17) is 21.1 Å². The third-order valence-electron chi connectivity index (χ3n) is 4.93. The summed E-state index contributed by atoms with van der Waals surface area (Å²) in [5, 5.41) is 4.48. The Morgan fingerprint density at radius 2 is 2.17 bits per heavy atom. The average Bonchev–Trinajstić information content (AvgIpc) is 3.19. The molecular formula is C21H20ClFN4O3. The van der Waals surface area contributed by atoms with Crippen LogP contribution in [0.4, 0.5) is 10.2 Å². The predicted octanol–water partition coefficient (Wildman–Crippen LogP) is 3.64. The lowest BCUT2D eigenvalue weighted by atomic mass is 10.1. The van der Waals surface area contributed by atoms with Crippen LogP contribution in [-0.2, 0) is 16.5 Å². The number of pyridine rings is 1. The smallest absolute Gasteiger partial charge is 0.338 e. The third kappa shape index (κ3) is 4.15. The predicted molar refractivity (Wildman–Crippen MR) is 110 cm³/mol. The van der Waals surface area contributed by atoms with E-state index >= 15 is 0 Å². The van der Waals surface area contributed by atoms with E-state index in [2.05, 4.69) is 10.1 Å². The van der Waals surface area contributed by atoms with Crippen molar-refractivity contribution in [3.8, 4) is 11.3 Å². The molecule has 0 aliphatic carbocycles. The molecule has 0 radical (unpaired) electrons. The number of morpholine rings is 1. The molecule has 1 aliphatic rings. The summed E-state index contributed by atoms with van der Waals surface area (Å²) in [6.07, 6.45) is 3.48. The first-order valence-corrected chi connectivity index (χ1v) is 9.73. The molecule has 9 heteroatoms. The Hall–Kier alpha value is -2.97. The van der Waals surface area contributed by atoms with Crippen molar-refractivity contribution in [1.29, 1.82) is 0 Å². The highest BCUT2D eigenvalue weighted by molar-refractivity contribution is 6.30. The summed E-state index contributed by atoms with van der Waals surface area (Å²) in [4.78, 5) is 18.9. The molecule has 1 unspecified atom stereocenters. The van der Waals surface area contributed by atoms with Crippen molar-refractivity contribution in [3.63, 3.8) is 0 Å². The number of carbonyl (C=O) groups is 1. The second kappa shape index (κ2) is 8.41. The van der Waals surface area contributed by atoms with Crippen LogP contribution in [0.25, 0.3) is 11.3 Å². The largest absolute Gasteiger partial charge is 0.465 e. The molecule has 1 atom stereocenters. The fourth-order valence-electron chi connectivity index (χ4n) is 3.41. The highest BCUT2D eigenvalue weighted by atomic mass is 35.5. The molecule has 0 bridgehead atoms. The minimum Gasteiger partial charge on any atom is -0.465 e. The monoisotopic (exact) mass is 430 g/mol. The summed E-state index contributed by atoms with van der Waals surface area (Å²) < 4.78 is 27.0. The van der Waals surface area contributed by atoms with E-state index < -0.39 is 11.8 Å². The van der Waals surface area contributed by atoms with Gasteiger partial charge in [-0.2, -0.15) is 5.10 Å². The van der Waals surface area contributed by atoms with Crippen molar-refractivity contribution in [1.82, 2.24) is 14.8 Å². The van der Waals surface area contributed by atoms with Crippen LogP contribution >= 0.6 is 11.6 Å². The zero-order valence-electron chi connectivity index (χ0n) is 16.5. The highest BCUT2D eigenvalue weighted by Gasteiger charge is 2.25. The number of methoxy groups -OCH3 is 1. The number of rotatable bonds is 4. The van der Waals surface area contributed by atoms with Crippen LogP contribution in [0.2, 0.25) is 5.02 Å². The van der Waals surface area contributed by atoms with Gasteiger partial charge in [0.25, 0.3) is 0 Å². The zero-order chi connectivity index (χ0) is 21.3. The maximum atomic E-state index is 14.5. The Bertz CT molecular complexity index is 1090. The molecule has 1 aromatic carbocycles. The molecule has 3 heterocycles. The number of aromatic nitrogens is 3. The number of aryl methyl sites for hydroxylation is 1. The van der Waals surface area contributed by atoms with E-state index in [9.17, 15) is 9.18 Å². The first-order valence-electron chi connectivity index (χ1n) is 9.35. The number of hydrogen-bond donors (Lipinski definition) is 0. The molecule has 30 heavy (non-hydrogen) atoms. The summed E-state index contributed by atoms with van der Waals surface area (Å²) >= 11 is 5.87. The fraction of sp³-hybridized carbons (Fsp3) is 0.286.